The minimum absolute atomic E-state index is 0.0917. The van der Waals surface area contributed by atoms with Crippen molar-refractivity contribution in [1.29, 1.82) is 0 Å². The first-order chi connectivity index (χ1) is 12.1. The third-order valence-corrected chi connectivity index (χ3v) is 4.39. The Kier molecular flexibility index (Phi) is 7.29. The van der Waals surface area contributed by atoms with Crippen LogP contribution in [0.1, 0.15) is 37.8 Å². The fourth-order valence-corrected chi connectivity index (χ4v) is 2.65. The molecule has 0 aliphatic heterocycles. The van der Waals surface area contributed by atoms with Crippen LogP contribution in [0.3, 0.4) is 0 Å². The van der Waals surface area contributed by atoms with E-state index in [-0.39, 0.29) is 5.41 Å². The summed E-state index contributed by atoms with van der Waals surface area (Å²) in [5.74, 6) is 1.77. The van der Waals surface area contributed by atoms with Crippen LogP contribution in [0.15, 0.2) is 48.5 Å². The highest BCUT2D eigenvalue weighted by Crippen LogP contribution is 2.33. The summed E-state index contributed by atoms with van der Waals surface area (Å²) in [6.07, 6.45) is 1.74. The maximum atomic E-state index is 5.68. The van der Waals surface area contributed by atoms with Gasteiger partial charge in [-0.1, -0.05) is 38.1 Å². The predicted octanol–water partition coefficient (Wildman–Crippen LogP) is 3.47. The van der Waals surface area contributed by atoms with E-state index >= 15 is 0 Å². The molecule has 2 rings (SSSR count). The molecule has 0 spiro atoms. The Morgan fingerprint density at radius 3 is 1.36 bits per heavy atom. The second kappa shape index (κ2) is 9.44. The minimum Gasteiger partial charge on any atom is -0.494 e. The zero-order chi connectivity index (χ0) is 18.1. The van der Waals surface area contributed by atoms with E-state index in [4.69, 9.17) is 20.9 Å². The standard InChI is InChI=1S/C21H30N2O2/c1-21(2,17-5-9-19(10-6-17)24-15-3-13-22)18-7-11-20(12-8-18)25-16-4-14-23/h5-12H,3-4,13-16,22-23H2,1-2H3. The van der Waals surface area contributed by atoms with Crippen LogP contribution in [0.2, 0.25) is 0 Å². The fraction of sp³-hybridized carbons (Fsp3) is 0.429. The van der Waals surface area contributed by atoms with Gasteiger partial charge in [0.25, 0.3) is 0 Å². The Hall–Kier alpha value is -2.04. The quantitative estimate of drug-likeness (QED) is 0.649. The summed E-state index contributed by atoms with van der Waals surface area (Å²) in [6, 6.07) is 16.6. The van der Waals surface area contributed by atoms with Gasteiger partial charge < -0.3 is 20.9 Å². The SMILES string of the molecule is CC(C)(c1ccc(OCCCN)cc1)c1ccc(OCCCN)cc1. The van der Waals surface area contributed by atoms with E-state index in [1.807, 2.05) is 24.3 Å². The molecule has 0 amide bonds. The van der Waals surface area contributed by atoms with Crippen LogP contribution >= 0.6 is 0 Å². The molecule has 2 aromatic carbocycles. The second-order valence-corrected chi connectivity index (χ2v) is 6.66. The van der Waals surface area contributed by atoms with Gasteiger partial charge in [-0.15, -0.1) is 0 Å². The Labute approximate surface area is 151 Å². The van der Waals surface area contributed by atoms with E-state index in [1.54, 1.807) is 0 Å². The summed E-state index contributed by atoms with van der Waals surface area (Å²) >= 11 is 0. The Balaban J connectivity index is 2.04. The molecule has 136 valence electrons. The highest BCUT2D eigenvalue weighted by Gasteiger charge is 2.23. The van der Waals surface area contributed by atoms with E-state index in [0.717, 1.165) is 24.3 Å². The van der Waals surface area contributed by atoms with Crippen molar-refractivity contribution in [1.82, 2.24) is 0 Å². The van der Waals surface area contributed by atoms with Gasteiger partial charge in [0, 0.05) is 5.41 Å². The zero-order valence-electron chi connectivity index (χ0n) is 15.3. The summed E-state index contributed by atoms with van der Waals surface area (Å²) < 4.78 is 11.4. The van der Waals surface area contributed by atoms with Gasteiger partial charge in [-0.3, -0.25) is 0 Å². The molecule has 0 heterocycles. The molecule has 4 N–H and O–H groups in total. The minimum atomic E-state index is -0.0917. The monoisotopic (exact) mass is 342 g/mol. The number of hydrogen-bond acceptors (Lipinski definition) is 4. The lowest BCUT2D eigenvalue weighted by Gasteiger charge is -2.26. The van der Waals surface area contributed by atoms with Gasteiger partial charge in [0.2, 0.25) is 0 Å². The van der Waals surface area contributed by atoms with E-state index in [9.17, 15) is 0 Å². The van der Waals surface area contributed by atoms with Crippen molar-refractivity contribution in [3.63, 3.8) is 0 Å². The lowest BCUT2D eigenvalue weighted by atomic mass is 9.78. The fourth-order valence-electron chi connectivity index (χ4n) is 2.65. The van der Waals surface area contributed by atoms with Crippen LogP contribution < -0.4 is 20.9 Å². The molecule has 0 fully saturated rings. The maximum Gasteiger partial charge on any atom is 0.119 e. The van der Waals surface area contributed by atoms with Gasteiger partial charge in [-0.05, 0) is 61.3 Å². The zero-order valence-corrected chi connectivity index (χ0v) is 15.3. The number of rotatable bonds is 10. The first-order valence-corrected chi connectivity index (χ1v) is 8.94. The number of benzene rings is 2. The molecule has 0 bridgehead atoms. The average molecular weight is 342 g/mol. The molecule has 2 aromatic rings. The van der Waals surface area contributed by atoms with Gasteiger partial charge in [0.05, 0.1) is 13.2 Å². The number of nitrogens with two attached hydrogens (primary N) is 2. The molecular weight excluding hydrogens is 312 g/mol. The lowest BCUT2D eigenvalue weighted by Crippen LogP contribution is -2.18. The molecule has 0 radical (unpaired) electrons. The summed E-state index contributed by atoms with van der Waals surface area (Å²) in [6.45, 7) is 7.06. The van der Waals surface area contributed by atoms with Crippen LogP contribution in [0, 0.1) is 0 Å². The average Bonchev–Trinajstić information content (AvgIpc) is 2.63. The molecule has 0 aliphatic carbocycles. The Morgan fingerprint density at radius 2 is 1.04 bits per heavy atom. The molecule has 4 nitrogen and oxygen atoms in total. The van der Waals surface area contributed by atoms with Crippen LogP contribution in [0.25, 0.3) is 0 Å². The molecule has 0 atom stereocenters. The van der Waals surface area contributed by atoms with Gasteiger partial charge >= 0.3 is 0 Å². The van der Waals surface area contributed by atoms with Gasteiger partial charge in [0.15, 0.2) is 0 Å². The normalized spacial score (nSPS) is 11.4. The number of ether oxygens (including phenoxy) is 2. The first-order valence-electron chi connectivity index (χ1n) is 8.94. The molecule has 0 saturated carbocycles. The van der Waals surface area contributed by atoms with Crippen LogP contribution in [-0.4, -0.2) is 26.3 Å². The van der Waals surface area contributed by atoms with Gasteiger partial charge in [0.1, 0.15) is 11.5 Å². The third-order valence-electron chi connectivity index (χ3n) is 4.39. The van der Waals surface area contributed by atoms with E-state index < -0.39 is 0 Å². The van der Waals surface area contributed by atoms with Crippen molar-refractivity contribution in [3.05, 3.63) is 59.7 Å². The summed E-state index contributed by atoms with van der Waals surface area (Å²) in [7, 11) is 0. The van der Waals surface area contributed by atoms with E-state index in [0.29, 0.717) is 26.3 Å². The third kappa shape index (κ3) is 5.48. The molecule has 25 heavy (non-hydrogen) atoms. The van der Waals surface area contributed by atoms with Crippen molar-refractivity contribution in [2.24, 2.45) is 11.5 Å². The van der Waals surface area contributed by atoms with Crippen molar-refractivity contribution < 1.29 is 9.47 Å². The first kappa shape index (κ1) is 19.3. The molecule has 4 heteroatoms. The van der Waals surface area contributed by atoms with Crippen molar-refractivity contribution >= 4 is 0 Å². The molecule has 0 aromatic heterocycles. The van der Waals surface area contributed by atoms with Crippen molar-refractivity contribution in [2.75, 3.05) is 26.3 Å². The maximum absolute atomic E-state index is 5.68. The number of hydrogen-bond donors (Lipinski definition) is 2. The molecule has 0 unspecified atom stereocenters. The van der Waals surface area contributed by atoms with Gasteiger partial charge in [-0.2, -0.15) is 0 Å². The van der Waals surface area contributed by atoms with Crippen LogP contribution in [-0.2, 0) is 5.41 Å². The summed E-state index contributed by atoms with van der Waals surface area (Å²) in [5, 5.41) is 0. The van der Waals surface area contributed by atoms with E-state index in [2.05, 4.69) is 38.1 Å². The predicted molar refractivity (Wildman–Crippen MR) is 103 cm³/mol. The van der Waals surface area contributed by atoms with E-state index in [1.165, 1.54) is 11.1 Å². The Morgan fingerprint density at radius 1 is 0.680 bits per heavy atom. The summed E-state index contributed by atoms with van der Waals surface area (Å²) in [4.78, 5) is 0. The van der Waals surface area contributed by atoms with Crippen molar-refractivity contribution in [2.45, 2.75) is 32.1 Å². The van der Waals surface area contributed by atoms with Crippen molar-refractivity contribution in [3.8, 4) is 11.5 Å². The topological polar surface area (TPSA) is 70.5 Å². The Bertz CT molecular complexity index is 566. The van der Waals surface area contributed by atoms with Crippen LogP contribution in [0.4, 0.5) is 0 Å². The van der Waals surface area contributed by atoms with Gasteiger partial charge in [-0.25, -0.2) is 0 Å². The molecule has 0 aliphatic rings. The summed E-state index contributed by atoms with van der Waals surface area (Å²) in [5.41, 5.74) is 13.4. The molecule has 0 saturated heterocycles. The lowest BCUT2D eigenvalue weighted by molar-refractivity contribution is 0.313. The highest BCUT2D eigenvalue weighted by atomic mass is 16.5. The van der Waals surface area contributed by atoms with Crippen LogP contribution in [0.5, 0.6) is 11.5 Å². The smallest absolute Gasteiger partial charge is 0.119 e. The largest absolute Gasteiger partial charge is 0.494 e. The molecular formula is C21H30N2O2. The highest BCUT2D eigenvalue weighted by molar-refractivity contribution is 5.41. The second-order valence-electron chi connectivity index (χ2n) is 6.66.